The van der Waals surface area contributed by atoms with Crippen molar-refractivity contribution >= 4 is 11.9 Å². The van der Waals surface area contributed by atoms with Crippen molar-refractivity contribution in [3.8, 4) is 0 Å². The smallest absolute Gasteiger partial charge is 0.308 e. The number of esters is 2. The third-order valence-corrected chi connectivity index (χ3v) is 9.56. The van der Waals surface area contributed by atoms with E-state index in [1.807, 2.05) is 0 Å². The number of hydrogen-bond donors (Lipinski definition) is 0. The molecule has 0 aromatic carbocycles. The Bertz CT molecular complexity index is 712. The fourth-order valence-electron chi connectivity index (χ4n) is 8.04. The van der Waals surface area contributed by atoms with E-state index in [9.17, 15) is 9.59 Å². The molecule has 8 atom stereocenters. The Labute approximate surface area is 175 Å². The second-order valence-electron chi connectivity index (χ2n) is 10.8. The predicted molar refractivity (Wildman–Crippen MR) is 112 cm³/mol. The molecule has 3 saturated carbocycles. The lowest BCUT2D eigenvalue weighted by molar-refractivity contribution is -0.151. The molecule has 29 heavy (non-hydrogen) atoms. The van der Waals surface area contributed by atoms with Crippen LogP contribution in [0.5, 0.6) is 0 Å². The SMILES string of the molecule is COC(=O)[C@@H](C)[C@H]1CCC2C3CCC4C[C@H](OC(C)=O)CC[C@]4(C)C3=CC[C@@]21C. The molecule has 0 aromatic rings. The van der Waals surface area contributed by atoms with Crippen molar-refractivity contribution in [3.05, 3.63) is 11.6 Å². The first-order chi connectivity index (χ1) is 13.7. The number of ether oxygens (including phenoxy) is 2. The summed E-state index contributed by atoms with van der Waals surface area (Å²) < 4.78 is 10.7. The largest absolute Gasteiger partial charge is 0.469 e. The summed E-state index contributed by atoms with van der Waals surface area (Å²) in [5.74, 6) is 2.18. The molecule has 0 spiro atoms. The van der Waals surface area contributed by atoms with Crippen LogP contribution in [0.25, 0.3) is 0 Å². The van der Waals surface area contributed by atoms with Gasteiger partial charge in [-0.2, -0.15) is 0 Å². The Kier molecular flexibility index (Phi) is 5.36. The van der Waals surface area contributed by atoms with E-state index in [1.54, 1.807) is 5.57 Å². The molecule has 4 heteroatoms. The second kappa shape index (κ2) is 7.42. The summed E-state index contributed by atoms with van der Waals surface area (Å²) in [6, 6.07) is 0. The maximum Gasteiger partial charge on any atom is 0.308 e. The zero-order chi connectivity index (χ0) is 21.0. The van der Waals surface area contributed by atoms with Gasteiger partial charge in [-0.3, -0.25) is 9.59 Å². The lowest BCUT2D eigenvalue weighted by atomic mass is 9.48. The highest BCUT2D eigenvalue weighted by Gasteiger charge is 2.58. The van der Waals surface area contributed by atoms with E-state index < -0.39 is 0 Å². The molecule has 3 unspecified atom stereocenters. The quantitative estimate of drug-likeness (QED) is 0.474. The third kappa shape index (κ3) is 3.25. The van der Waals surface area contributed by atoms with Crippen molar-refractivity contribution in [1.29, 1.82) is 0 Å². The van der Waals surface area contributed by atoms with Gasteiger partial charge >= 0.3 is 11.9 Å². The van der Waals surface area contributed by atoms with E-state index in [1.165, 1.54) is 33.3 Å². The first-order valence-electron chi connectivity index (χ1n) is 11.7. The zero-order valence-corrected chi connectivity index (χ0v) is 18.8. The first-order valence-corrected chi connectivity index (χ1v) is 11.7. The van der Waals surface area contributed by atoms with Gasteiger partial charge in [-0.1, -0.05) is 32.4 Å². The minimum Gasteiger partial charge on any atom is -0.469 e. The number of fused-ring (bicyclic) bond motifs is 5. The molecular weight excluding hydrogens is 364 g/mol. The first kappa shape index (κ1) is 20.9. The molecule has 4 nitrogen and oxygen atoms in total. The lowest BCUT2D eigenvalue weighted by Gasteiger charge is -2.57. The summed E-state index contributed by atoms with van der Waals surface area (Å²) in [5, 5.41) is 0. The number of methoxy groups -OCH3 is 1. The molecule has 0 aliphatic heterocycles. The van der Waals surface area contributed by atoms with Crippen molar-refractivity contribution in [2.45, 2.75) is 85.2 Å². The van der Waals surface area contributed by atoms with Crippen LogP contribution >= 0.6 is 0 Å². The summed E-state index contributed by atoms with van der Waals surface area (Å²) in [6.07, 6.45) is 11.8. The van der Waals surface area contributed by atoms with Gasteiger partial charge in [0.1, 0.15) is 6.10 Å². The Morgan fingerprint density at radius 2 is 1.90 bits per heavy atom. The van der Waals surface area contributed by atoms with E-state index >= 15 is 0 Å². The number of carbonyl (C=O) groups excluding carboxylic acids is 2. The fourth-order valence-corrected chi connectivity index (χ4v) is 8.04. The van der Waals surface area contributed by atoms with Gasteiger partial charge in [-0.05, 0) is 85.9 Å². The Hall–Kier alpha value is -1.32. The van der Waals surface area contributed by atoms with Crippen LogP contribution in [0.15, 0.2) is 11.6 Å². The van der Waals surface area contributed by atoms with Gasteiger partial charge < -0.3 is 9.47 Å². The van der Waals surface area contributed by atoms with Crippen LogP contribution < -0.4 is 0 Å². The summed E-state index contributed by atoms with van der Waals surface area (Å²) >= 11 is 0. The summed E-state index contributed by atoms with van der Waals surface area (Å²) in [5.41, 5.74) is 2.16. The predicted octanol–water partition coefficient (Wildman–Crippen LogP) is 5.31. The van der Waals surface area contributed by atoms with Gasteiger partial charge in [0.05, 0.1) is 13.0 Å². The highest BCUT2D eigenvalue weighted by molar-refractivity contribution is 5.72. The molecule has 0 radical (unpaired) electrons. The minimum atomic E-state index is -0.142. The summed E-state index contributed by atoms with van der Waals surface area (Å²) in [6.45, 7) is 8.51. The molecule has 4 aliphatic rings. The van der Waals surface area contributed by atoms with Crippen molar-refractivity contribution < 1.29 is 19.1 Å². The van der Waals surface area contributed by atoms with E-state index in [2.05, 4.69) is 26.8 Å². The molecule has 0 heterocycles. The normalized spacial score (nSPS) is 44.6. The van der Waals surface area contributed by atoms with Crippen LogP contribution in [0.2, 0.25) is 0 Å². The summed E-state index contributed by atoms with van der Waals surface area (Å²) in [7, 11) is 1.51. The van der Waals surface area contributed by atoms with Gasteiger partial charge in [-0.15, -0.1) is 0 Å². The minimum absolute atomic E-state index is 0.0176. The van der Waals surface area contributed by atoms with E-state index in [0.717, 1.165) is 32.1 Å². The molecule has 4 aliphatic carbocycles. The van der Waals surface area contributed by atoms with Gasteiger partial charge in [0.2, 0.25) is 0 Å². The Morgan fingerprint density at radius 1 is 1.14 bits per heavy atom. The van der Waals surface area contributed by atoms with Gasteiger partial charge in [0.15, 0.2) is 0 Å². The zero-order valence-electron chi connectivity index (χ0n) is 18.8. The highest BCUT2D eigenvalue weighted by atomic mass is 16.5. The van der Waals surface area contributed by atoms with E-state index in [4.69, 9.17) is 9.47 Å². The average Bonchev–Trinajstić information content (AvgIpc) is 3.03. The maximum atomic E-state index is 12.3. The molecule has 0 bridgehead atoms. The van der Waals surface area contributed by atoms with E-state index in [-0.39, 0.29) is 34.8 Å². The third-order valence-electron chi connectivity index (χ3n) is 9.56. The van der Waals surface area contributed by atoms with Crippen LogP contribution in [0.4, 0.5) is 0 Å². The van der Waals surface area contributed by atoms with Crippen LogP contribution in [-0.4, -0.2) is 25.2 Å². The number of hydrogen-bond acceptors (Lipinski definition) is 4. The van der Waals surface area contributed by atoms with Crippen molar-refractivity contribution in [3.63, 3.8) is 0 Å². The second-order valence-corrected chi connectivity index (χ2v) is 10.8. The molecule has 0 saturated heterocycles. The molecule has 0 amide bonds. The van der Waals surface area contributed by atoms with Crippen molar-refractivity contribution in [2.75, 3.05) is 7.11 Å². The molecule has 4 rings (SSSR count). The molecule has 162 valence electrons. The van der Waals surface area contributed by atoms with Crippen LogP contribution in [-0.2, 0) is 19.1 Å². The fraction of sp³-hybridized carbons (Fsp3) is 0.840. The maximum absolute atomic E-state index is 12.3. The molecular formula is C25H38O4. The standard InChI is InChI=1S/C25H38O4/c1-15(23(27)28-5)20-8-9-21-19-7-6-17-14-18(29-16(2)26)10-12-24(17,3)22(19)11-13-25(20,21)4/h11,15,17-21H,6-10,12-14H2,1-5H3/t15-,17?,18+,19?,20+,21?,24-,25+/m0/s1. The van der Waals surface area contributed by atoms with Crippen LogP contribution in [0.3, 0.4) is 0 Å². The average molecular weight is 403 g/mol. The number of rotatable bonds is 3. The topological polar surface area (TPSA) is 52.6 Å². The van der Waals surface area contributed by atoms with Crippen LogP contribution in [0.1, 0.15) is 79.1 Å². The monoisotopic (exact) mass is 402 g/mol. The lowest BCUT2D eigenvalue weighted by Crippen LogP contribution is -2.49. The summed E-state index contributed by atoms with van der Waals surface area (Å²) in [4.78, 5) is 23.7. The Morgan fingerprint density at radius 3 is 2.59 bits per heavy atom. The van der Waals surface area contributed by atoms with Crippen LogP contribution in [0, 0.1) is 40.4 Å². The number of allylic oxidation sites excluding steroid dienone is 2. The van der Waals surface area contributed by atoms with Gasteiger partial charge in [0, 0.05) is 6.92 Å². The number of carbonyl (C=O) groups is 2. The molecule has 3 fully saturated rings. The van der Waals surface area contributed by atoms with Gasteiger partial charge in [0.25, 0.3) is 0 Å². The Balaban J connectivity index is 1.57. The molecule has 0 N–H and O–H groups in total. The van der Waals surface area contributed by atoms with Crippen molar-refractivity contribution in [2.24, 2.45) is 40.4 Å². The van der Waals surface area contributed by atoms with E-state index in [0.29, 0.717) is 23.7 Å². The molecule has 0 aromatic heterocycles. The van der Waals surface area contributed by atoms with Crippen molar-refractivity contribution in [1.82, 2.24) is 0 Å². The highest BCUT2D eigenvalue weighted by Crippen LogP contribution is 2.66. The van der Waals surface area contributed by atoms with Gasteiger partial charge in [-0.25, -0.2) is 0 Å².